The van der Waals surface area contributed by atoms with Crippen LogP contribution in [0.15, 0.2) is 78.9 Å². The molecule has 2 saturated heterocycles. The number of carbonyl (C=O) groups excluding carboxylic acids is 2. The molecule has 1 unspecified atom stereocenters. The molecule has 3 aliphatic heterocycles. The van der Waals surface area contributed by atoms with Crippen LogP contribution >= 0.6 is 0 Å². The zero-order chi connectivity index (χ0) is 24.5. The fourth-order valence-corrected chi connectivity index (χ4v) is 5.56. The minimum atomic E-state index is -0.500. The lowest BCUT2D eigenvalue weighted by molar-refractivity contribution is -0.134. The lowest BCUT2D eigenvalue weighted by Gasteiger charge is -2.44. The van der Waals surface area contributed by atoms with Crippen LogP contribution in [0.3, 0.4) is 0 Å². The number of rotatable bonds is 5. The van der Waals surface area contributed by atoms with Gasteiger partial charge in [0.25, 0.3) is 5.91 Å². The summed E-state index contributed by atoms with van der Waals surface area (Å²) in [6.45, 7) is 1.87. The highest BCUT2D eigenvalue weighted by Crippen LogP contribution is 2.37. The Morgan fingerprint density at radius 2 is 1.58 bits per heavy atom. The van der Waals surface area contributed by atoms with Crippen LogP contribution in [-0.2, 0) is 17.8 Å². The Kier molecular flexibility index (Phi) is 5.85. The molecule has 3 aromatic carbocycles. The Morgan fingerprint density at radius 1 is 0.889 bits per heavy atom. The fraction of sp³-hybridized carbons (Fsp3) is 0.310. The summed E-state index contributed by atoms with van der Waals surface area (Å²) in [5.41, 5.74) is 2.32. The first kappa shape index (κ1) is 22.6. The van der Waals surface area contributed by atoms with Gasteiger partial charge in [0.1, 0.15) is 0 Å². The predicted octanol–water partition coefficient (Wildman–Crippen LogP) is 3.59. The van der Waals surface area contributed by atoms with Gasteiger partial charge in [0.05, 0.1) is 11.7 Å². The zero-order valence-electron chi connectivity index (χ0n) is 20.1. The van der Waals surface area contributed by atoms with Gasteiger partial charge in [0, 0.05) is 38.0 Å². The van der Waals surface area contributed by atoms with Gasteiger partial charge in [-0.25, -0.2) is 0 Å². The molecule has 2 fully saturated rings. The zero-order valence-corrected chi connectivity index (χ0v) is 20.1. The summed E-state index contributed by atoms with van der Waals surface area (Å²) in [7, 11) is 0. The van der Waals surface area contributed by atoms with Crippen LogP contribution < -0.4 is 14.8 Å². The Hall–Kier alpha value is -3.84. The molecule has 0 aliphatic carbocycles. The number of fused-ring (bicyclic) bond motifs is 1. The number of piperidine rings is 1. The highest BCUT2D eigenvalue weighted by atomic mass is 16.7. The van der Waals surface area contributed by atoms with E-state index in [0.29, 0.717) is 50.2 Å². The third-order valence-electron chi connectivity index (χ3n) is 7.48. The highest BCUT2D eigenvalue weighted by Gasteiger charge is 2.51. The van der Waals surface area contributed by atoms with Crippen LogP contribution in [0.1, 0.15) is 34.3 Å². The number of nitrogens with one attached hydrogen (secondary N) is 1. The molecule has 0 radical (unpaired) electrons. The summed E-state index contributed by atoms with van der Waals surface area (Å²) in [5, 5.41) is 3.71. The van der Waals surface area contributed by atoms with E-state index in [9.17, 15) is 9.59 Å². The SMILES string of the molecule is O=C(c1ccccc1)N1CCC2(CC1)NC(Cc1ccccc1)C(=O)N2Cc1ccc2c(c1)OCO2. The Morgan fingerprint density at radius 3 is 2.33 bits per heavy atom. The fourth-order valence-electron chi connectivity index (χ4n) is 5.56. The maximum absolute atomic E-state index is 13.8. The van der Waals surface area contributed by atoms with Crippen molar-refractivity contribution in [1.29, 1.82) is 0 Å². The number of amides is 2. The molecule has 2 amide bonds. The van der Waals surface area contributed by atoms with E-state index in [2.05, 4.69) is 17.4 Å². The quantitative estimate of drug-likeness (QED) is 0.601. The number of nitrogens with zero attached hydrogens (tertiary/aromatic N) is 2. The smallest absolute Gasteiger partial charge is 0.253 e. The second-order valence-corrected chi connectivity index (χ2v) is 9.69. The van der Waals surface area contributed by atoms with Gasteiger partial charge in [-0.15, -0.1) is 0 Å². The third kappa shape index (κ3) is 4.20. The molecule has 6 rings (SSSR count). The highest BCUT2D eigenvalue weighted by molar-refractivity contribution is 5.94. The van der Waals surface area contributed by atoms with Gasteiger partial charge < -0.3 is 19.3 Å². The Labute approximate surface area is 210 Å². The average molecular weight is 484 g/mol. The average Bonchev–Trinajstić information content (AvgIpc) is 3.48. The first-order valence-electron chi connectivity index (χ1n) is 12.5. The van der Waals surface area contributed by atoms with E-state index in [1.165, 1.54) is 0 Å². The number of benzene rings is 3. The van der Waals surface area contributed by atoms with Crippen LogP contribution in [0.5, 0.6) is 11.5 Å². The number of ether oxygens (including phenoxy) is 2. The first-order chi connectivity index (χ1) is 17.6. The Balaban J connectivity index is 1.24. The maximum atomic E-state index is 13.8. The topological polar surface area (TPSA) is 71.1 Å². The van der Waals surface area contributed by atoms with Crippen LogP contribution in [0, 0.1) is 0 Å². The van der Waals surface area contributed by atoms with Crippen LogP contribution in [0.2, 0.25) is 0 Å². The molecule has 36 heavy (non-hydrogen) atoms. The first-order valence-corrected chi connectivity index (χ1v) is 12.5. The third-order valence-corrected chi connectivity index (χ3v) is 7.48. The van der Waals surface area contributed by atoms with Crippen molar-refractivity contribution in [2.45, 2.75) is 37.5 Å². The monoisotopic (exact) mass is 483 g/mol. The van der Waals surface area contributed by atoms with Crippen molar-refractivity contribution in [1.82, 2.24) is 15.1 Å². The molecular formula is C29H29N3O4. The van der Waals surface area contributed by atoms with Crippen molar-refractivity contribution in [3.05, 3.63) is 95.6 Å². The summed E-state index contributed by atoms with van der Waals surface area (Å²) in [4.78, 5) is 30.7. The molecule has 7 nitrogen and oxygen atoms in total. The van der Waals surface area contributed by atoms with Crippen molar-refractivity contribution >= 4 is 11.8 Å². The molecule has 3 aromatic rings. The van der Waals surface area contributed by atoms with E-state index in [1.807, 2.05) is 76.5 Å². The van der Waals surface area contributed by atoms with E-state index in [-0.39, 0.29) is 24.6 Å². The van der Waals surface area contributed by atoms with Crippen LogP contribution in [0.25, 0.3) is 0 Å². The van der Waals surface area contributed by atoms with Gasteiger partial charge in [-0.3, -0.25) is 14.9 Å². The molecule has 0 aromatic heterocycles. The van der Waals surface area contributed by atoms with Crippen molar-refractivity contribution in [2.24, 2.45) is 0 Å². The summed E-state index contributed by atoms with van der Waals surface area (Å²) < 4.78 is 11.0. The van der Waals surface area contributed by atoms with E-state index < -0.39 is 5.66 Å². The van der Waals surface area contributed by atoms with Crippen LogP contribution in [-0.4, -0.2) is 53.2 Å². The lowest BCUT2D eigenvalue weighted by atomic mass is 9.94. The summed E-state index contributed by atoms with van der Waals surface area (Å²) in [6.07, 6.45) is 1.98. The standard InChI is InChI=1S/C29H29N3O4/c33-27(23-9-5-2-6-10-23)31-15-13-29(14-16-31)30-24(17-21-7-3-1-4-8-21)28(34)32(29)19-22-11-12-25-26(18-22)36-20-35-25/h1-12,18,24,30H,13-17,19-20H2. The van der Waals surface area contributed by atoms with Gasteiger partial charge in [0.15, 0.2) is 11.5 Å². The van der Waals surface area contributed by atoms with Crippen molar-refractivity contribution in [3.8, 4) is 11.5 Å². The van der Waals surface area contributed by atoms with Gasteiger partial charge in [-0.1, -0.05) is 54.6 Å². The number of hydrogen-bond acceptors (Lipinski definition) is 5. The summed E-state index contributed by atoms with van der Waals surface area (Å²) >= 11 is 0. The largest absolute Gasteiger partial charge is 0.454 e. The molecule has 0 bridgehead atoms. The molecular weight excluding hydrogens is 454 g/mol. The molecule has 1 spiro atoms. The maximum Gasteiger partial charge on any atom is 0.253 e. The number of likely N-dealkylation sites (tertiary alicyclic amines) is 1. The molecule has 3 heterocycles. The van der Waals surface area contributed by atoms with Gasteiger partial charge >= 0.3 is 0 Å². The lowest BCUT2D eigenvalue weighted by Crippen LogP contribution is -2.59. The molecule has 0 saturated carbocycles. The second kappa shape index (κ2) is 9.32. The van der Waals surface area contributed by atoms with Gasteiger partial charge in [-0.05, 0) is 41.8 Å². The normalized spacial score (nSPS) is 20.2. The van der Waals surface area contributed by atoms with Crippen molar-refractivity contribution in [2.75, 3.05) is 19.9 Å². The van der Waals surface area contributed by atoms with E-state index in [1.54, 1.807) is 0 Å². The number of carbonyl (C=O) groups is 2. The van der Waals surface area contributed by atoms with Crippen molar-refractivity contribution in [3.63, 3.8) is 0 Å². The minimum absolute atomic E-state index is 0.0397. The molecule has 184 valence electrons. The van der Waals surface area contributed by atoms with Gasteiger partial charge in [-0.2, -0.15) is 0 Å². The Bertz CT molecular complexity index is 1260. The molecule has 1 N–H and O–H groups in total. The minimum Gasteiger partial charge on any atom is -0.454 e. The van der Waals surface area contributed by atoms with Crippen molar-refractivity contribution < 1.29 is 19.1 Å². The summed E-state index contributed by atoms with van der Waals surface area (Å²) in [5.74, 6) is 1.58. The molecule has 7 heteroatoms. The van der Waals surface area contributed by atoms with E-state index >= 15 is 0 Å². The molecule has 1 atom stereocenters. The summed E-state index contributed by atoms with van der Waals surface area (Å²) in [6, 6.07) is 25.1. The van der Waals surface area contributed by atoms with E-state index in [0.717, 1.165) is 16.9 Å². The van der Waals surface area contributed by atoms with Crippen LogP contribution in [0.4, 0.5) is 0 Å². The van der Waals surface area contributed by atoms with Gasteiger partial charge in [0.2, 0.25) is 12.7 Å². The second-order valence-electron chi connectivity index (χ2n) is 9.69. The molecule has 3 aliphatic rings. The van der Waals surface area contributed by atoms with E-state index in [4.69, 9.17) is 9.47 Å². The number of hydrogen-bond donors (Lipinski definition) is 1. The predicted molar refractivity (Wildman–Crippen MR) is 134 cm³/mol.